The number of esters is 1. The van der Waals surface area contributed by atoms with Crippen LogP contribution in [0.15, 0.2) is 28.6 Å². The third kappa shape index (κ3) is 1.99. The molecule has 0 spiro atoms. The molecule has 0 radical (unpaired) electrons. The fourth-order valence-corrected chi connectivity index (χ4v) is 1.04. The maximum atomic E-state index is 11.0. The lowest BCUT2D eigenvalue weighted by Gasteiger charge is -2.10. The lowest BCUT2D eigenvalue weighted by atomic mass is 10.2. The van der Waals surface area contributed by atoms with E-state index in [4.69, 9.17) is 11.6 Å². The topological polar surface area (TPSA) is 55.4 Å². The molecule has 0 amide bonds. The van der Waals surface area contributed by atoms with E-state index >= 15 is 0 Å². The van der Waals surface area contributed by atoms with Crippen molar-refractivity contribution >= 4 is 23.5 Å². The molecule has 0 aromatic carbocycles. The van der Waals surface area contributed by atoms with Gasteiger partial charge in [0.15, 0.2) is 5.94 Å². The summed E-state index contributed by atoms with van der Waals surface area (Å²) < 4.78 is 4.45. The Labute approximate surface area is 79.5 Å². The average Bonchev–Trinajstić information content (AvgIpc) is 2.16. The molecule has 1 aliphatic rings. The van der Waals surface area contributed by atoms with Crippen LogP contribution in [0.3, 0.4) is 0 Å². The smallest absolute Gasteiger partial charge is 0.340 e. The van der Waals surface area contributed by atoms with Gasteiger partial charge in [0.25, 0.3) is 0 Å². The molecule has 1 N–H and O–H groups in total. The summed E-state index contributed by atoms with van der Waals surface area (Å²) in [4.78, 5) is 21.2. The largest absolute Gasteiger partial charge is 0.465 e. The number of ether oxygens (including phenoxy) is 1. The van der Waals surface area contributed by atoms with Gasteiger partial charge < -0.3 is 10.1 Å². The molecule has 0 saturated heterocycles. The second-order valence-electron chi connectivity index (χ2n) is 2.19. The van der Waals surface area contributed by atoms with Crippen LogP contribution in [-0.4, -0.2) is 19.0 Å². The standard InChI is InChI=1S/C8H6ClNO3/c1-13-8(12)6-3-2-5(4-11)10-7(6)9/h2-3,10H,1H3. The van der Waals surface area contributed by atoms with Crippen molar-refractivity contribution in [3.63, 3.8) is 0 Å². The van der Waals surface area contributed by atoms with Gasteiger partial charge in [-0.3, -0.25) is 0 Å². The monoisotopic (exact) mass is 199 g/mol. The first-order chi connectivity index (χ1) is 6.19. The quantitative estimate of drug-likeness (QED) is 0.379. The summed E-state index contributed by atoms with van der Waals surface area (Å²) in [6, 6.07) is 0. The van der Waals surface area contributed by atoms with E-state index in [1.165, 1.54) is 19.3 Å². The summed E-state index contributed by atoms with van der Waals surface area (Å²) in [5, 5.41) is 2.54. The summed E-state index contributed by atoms with van der Waals surface area (Å²) in [5.41, 5.74) is 0.362. The van der Waals surface area contributed by atoms with E-state index in [0.29, 0.717) is 0 Å². The molecule has 0 bridgehead atoms. The van der Waals surface area contributed by atoms with Crippen molar-refractivity contribution in [1.29, 1.82) is 0 Å². The summed E-state index contributed by atoms with van der Waals surface area (Å²) in [6.07, 6.45) is 2.79. The molecule has 68 valence electrons. The Morgan fingerprint density at radius 2 is 2.31 bits per heavy atom. The van der Waals surface area contributed by atoms with Gasteiger partial charge in [0.2, 0.25) is 0 Å². The molecular weight excluding hydrogens is 194 g/mol. The van der Waals surface area contributed by atoms with Crippen LogP contribution in [0.2, 0.25) is 0 Å². The highest BCUT2D eigenvalue weighted by Crippen LogP contribution is 2.16. The fraction of sp³-hybridized carbons (Fsp3) is 0.125. The van der Waals surface area contributed by atoms with Gasteiger partial charge in [0.1, 0.15) is 10.9 Å². The van der Waals surface area contributed by atoms with Gasteiger partial charge in [-0.05, 0) is 12.2 Å². The fourth-order valence-electron chi connectivity index (χ4n) is 0.794. The van der Waals surface area contributed by atoms with Crippen LogP contribution in [0.4, 0.5) is 0 Å². The molecule has 4 nitrogen and oxygen atoms in total. The molecule has 0 saturated carbocycles. The minimum Gasteiger partial charge on any atom is -0.465 e. The molecule has 13 heavy (non-hydrogen) atoms. The number of allylic oxidation sites excluding steroid dienone is 1. The third-order valence-corrected chi connectivity index (χ3v) is 1.71. The van der Waals surface area contributed by atoms with Crippen LogP contribution in [0, 0.1) is 0 Å². The van der Waals surface area contributed by atoms with Crippen LogP contribution in [-0.2, 0) is 14.3 Å². The maximum Gasteiger partial charge on any atom is 0.340 e. The predicted octanol–water partition coefficient (Wildman–Crippen LogP) is 0.485. The van der Waals surface area contributed by atoms with Crippen molar-refractivity contribution in [1.82, 2.24) is 5.32 Å². The van der Waals surface area contributed by atoms with Crippen LogP contribution < -0.4 is 5.32 Å². The summed E-state index contributed by atoms with van der Waals surface area (Å²) in [5.74, 6) is 1.05. The number of methoxy groups -OCH3 is 1. The lowest BCUT2D eigenvalue weighted by Crippen LogP contribution is -2.18. The number of hydrogen-bond donors (Lipinski definition) is 1. The van der Waals surface area contributed by atoms with Crippen molar-refractivity contribution in [2.24, 2.45) is 0 Å². The highest BCUT2D eigenvalue weighted by atomic mass is 35.5. The molecule has 5 heteroatoms. The molecule has 1 rings (SSSR count). The predicted molar refractivity (Wildman–Crippen MR) is 46.4 cm³/mol. The van der Waals surface area contributed by atoms with Gasteiger partial charge in [-0.25, -0.2) is 9.59 Å². The summed E-state index contributed by atoms with van der Waals surface area (Å²) >= 11 is 5.65. The third-order valence-electron chi connectivity index (χ3n) is 1.41. The molecule has 0 aliphatic carbocycles. The molecule has 0 fully saturated rings. The number of nitrogens with one attached hydrogen (secondary N) is 1. The second-order valence-corrected chi connectivity index (χ2v) is 2.57. The van der Waals surface area contributed by atoms with E-state index in [-0.39, 0.29) is 16.4 Å². The number of rotatable bonds is 1. The molecule has 1 heterocycles. The van der Waals surface area contributed by atoms with Crippen molar-refractivity contribution < 1.29 is 14.3 Å². The van der Waals surface area contributed by atoms with E-state index in [2.05, 4.69) is 10.1 Å². The van der Waals surface area contributed by atoms with E-state index in [9.17, 15) is 9.59 Å². The highest BCUT2D eigenvalue weighted by molar-refractivity contribution is 6.32. The van der Waals surface area contributed by atoms with Crippen molar-refractivity contribution in [2.75, 3.05) is 7.11 Å². The zero-order chi connectivity index (χ0) is 9.84. The van der Waals surface area contributed by atoms with Crippen LogP contribution in [0.1, 0.15) is 0 Å². The first-order valence-corrected chi connectivity index (χ1v) is 3.75. The zero-order valence-corrected chi connectivity index (χ0v) is 7.51. The Hall–Kier alpha value is -1.51. The molecule has 0 aromatic rings. The summed E-state index contributed by atoms with van der Waals surface area (Å²) in [6.45, 7) is 0. The van der Waals surface area contributed by atoms with E-state index in [1.54, 1.807) is 5.94 Å². The lowest BCUT2D eigenvalue weighted by molar-refractivity contribution is -0.135. The first-order valence-electron chi connectivity index (χ1n) is 3.37. The van der Waals surface area contributed by atoms with Crippen LogP contribution in [0.5, 0.6) is 0 Å². The van der Waals surface area contributed by atoms with Gasteiger partial charge in [-0.1, -0.05) is 11.6 Å². The van der Waals surface area contributed by atoms with Gasteiger partial charge in [0, 0.05) is 0 Å². The number of halogens is 1. The number of carbonyl (C=O) groups is 1. The number of dihydropyridines is 1. The van der Waals surface area contributed by atoms with Gasteiger partial charge >= 0.3 is 5.97 Å². The summed E-state index contributed by atoms with van der Waals surface area (Å²) in [7, 11) is 1.25. The normalized spacial score (nSPS) is 15.1. The molecule has 0 unspecified atom stereocenters. The van der Waals surface area contributed by atoms with Crippen molar-refractivity contribution in [3.8, 4) is 0 Å². The first kappa shape index (κ1) is 9.58. The molecule has 1 aliphatic heterocycles. The number of hydrogen-bond acceptors (Lipinski definition) is 4. The van der Waals surface area contributed by atoms with Gasteiger partial charge in [-0.2, -0.15) is 0 Å². The Kier molecular flexibility index (Phi) is 2.90. The second kappa shape index (κ2) is 3.94. The molecule has 0 aromatic heterocycles. The molecule has 0 atom stereocenters. The zero-order valence-electron chi connectivity index (χ0n) is 6.76. The van der Waals surface area contributed by atoms with E-state index in [0.717, 1.165) is 0 Å². The minimum absolute atomic E-state index is 0.0627. The molecular formula is C8H6ClNO3. The van der Waals surface area contributed by atoms with Gasteiger partial charge in [-0.15, -0.1) is 0 Å². The van der Waals surface area contributed by atoms with Crippen LogP contribution in [0.25, 0.3) is 0 Å². The van der Waals surface area contributed by atoms with E-state index in [1.807, 2.05) is 0 Å². The van der Waals surface area contributed by atoms with Crippen LogP contribution >= 0.6 is 11.6 Å². The number of carbonyl (C=O) groups excluding carboxylic acids is 2. The Bertz CT molecular complexity index is 350. The van der Waals surface area contributed by atoms with Crippen molar-refractivity contribution in [2.45, 2.75) is 0 Å². The Balaban J connectivity index is 2.97. The highest BCUT2D eigenvalue weighted by Gasteiger charge is 2.16. The average molecular weight is 200 g/mol. The Morgan fingerprint density at radius 1 is 1.62 bits per heavy atom. The van der Waals surface area contributed by atoms with E-state index < -0.39 is 5.97 Å². The minimum atomic E-state index is -0.557. The van der Waals surface area contributed by atoms with Crippen molar-refractivity contribution in [3.05, 3.63) is 28.6 Å². The SMILES string of the molecule is COC(=O)C1=C(Cl)NC(=C=O)C=C1. The maximum absolute atomic E-state index is 11.0. The Morgan fingerprint density at radius 3 is 2.77 bits per heavy atom. The van der Waals surface area contributed by atoms with Gasteiger partial charge in [0.05, 0.1) is 12.7 Å².